The van der Waals surface area contributed by atoms with Gasteiger partial charge in [-0.15, -0.1) is 0 Å². The minimum atomic E-state index is -2.84. The van der Waals surface area contributed by atoms with Gasteiger partial charge >= 0.3 is 0 Å². The predicted octanol–water partition coefficient (Wildman–Crippen LogP) is 0.896. The molecule has 1 heterocycles. The minimum absolute atomic E-state index is 0.105. The number of nitrogens with zero attached hydrogens (tertiary/aromatic N) is 1. The summed E-state index contributed by atoms with van der Waals surface area (Å²) in [5.74, 6) is 1.22. The second kappa shape index (κ2) is 5.38. The average Bonchev–Trinajstić information content (AvgIpc) is 2.70. The number of nitrogens with two attached hydrogens (primary N) is 1. The molecule has 0 amide bonds. The number of hydrogen-bond donors (Lipinski definition) is 1. The Morgan fingerprint density at radius 2 is 2.21 bits per heavy atom. The SMILES string of the molecule is COc1ccc(CN(C)C2CCS(=O)(=O)C2)cc1N. The first-order valence-corrected chi connectivity index (χ1v) is 8.06. The van der Waals surface area contributed by atoms with Crippen LogP contribution in [0, 0.1) is 0 Å². The smallest absolute Gasteiger partial charge is 0.151 e. The molecule has 2 rings (SSSR count). The quantitative estimate of drug-likeness (QED) is 0.832. The molecule has 0 aliphatic carbocycles. The molecule has 0 saturated carbocycles. The van der Waals surface area contributed by atoms with Crippen LogP contribution in [0.15, 0.2) is 18.2 Å². The van der Waals surface area contributed by atoms with Crippen LogP contribution >= 0.6 is 0 Å². The van der Waals surface area contributed by atoms with Gasteiger partial charge in [0.2, 0.25) is 0 Å². The highest BCUT2D eigenvalue weighted by Crippen LogP contribution is 2.24. The Labute approximate surface area is 114 Å². The molecule has 1 atom stereocenters. The van der Waals surface area contributed by atoms with E-state index in [9.17, 15) is 8.42 Å². The van der Waals surface area contributed by atoms with Crippen molar-refractivity contribution in [1.29, 1.82) is 0 Å². The summed E-state index contributed by atoms with van der Waals surface area (Å²) in [7, 11) is 0.697. The van der Waals surface area contributed by atoms with E-state index in [2.05, 4.69) is 4.90 Å². The van der Waals surface area contributed by atoms with E-state index in [1.807, 2.05) is 25.2 Å². The Hall–Kier alpha value is -1.27. The summed E-state index contributed by atoms with van der Waals surface area (Å²) in [4.78, 5) is 2.08. The number of nitrogen functional groups attached to an aromatic ring is 1. The lowest BCUT2D eigenvalue weighted by molar-refractivity contribution is 0.254. The van der Waals surface area contributed by atoms with Gasteiger partial charge in [0.05, 0.1) is 24.3 Å². The zero-order valence-electron chi connectivity index (χ0n) is 11.3. The fourth-order valence-corrected chi connectivity index (χ4v) is 4.23. The molecule has 19 heavy (non-hydrogen) atoms. The number of methoxy groups -OCH3 is 1. The molecule has 1 saturated heterocycles. The molecule has 1 unspecified atom stereocenters. The normalized spacial score (nSPS) is 21.7. The van der Waals surface area contributed by atoms with Gasteiger partial charge in [-0.2, -0.15) is 0 Å². The summed E-state index contributed by atoms with van der Waals surface area (Å²) >= 11 is 0. The van der Waals surface area contributed by atoms with Gasteiger partial charge in [-0.3, -0.25) is 4.90 Å². The van der Waals surface area contributed by atoms with Gasteiger partial charge in [-0.25, -0.2) is 8.42 Å². The van der Waals surface area contributed by atoms with Crippen molar-refractivity contribution in [2.45, 2.75) is 19.0 Å². The maximum Gasteiger partial charge on any atom is 0.151 e. The van der Waals surface area contributed by atoms with Gasteiger partial charge in [0.1, 0.15) is 5.75 Å². The summed E-state index contributed by atoms with van der Waals surface area (Å²) in [6.07, 6.45) is 0.713. The maximum absolute atomic E-state index is 11.5. The molecule has 0 aromatic heterocycles. The molecule has 6 heteroatoms. The fourth-order valence-electron chi connectivity index (χ4n) is 2.42. The van der Waals surface area contributed by atoms with E-state index in [4.69, 9.17) is 10.5 Å². The van der Waals surface area contributed by atoms with Crippen LogP contribution in [0.25, 0.3) is 0 Å². The summed E-state index contributed by atoms with van der Waals surface area (Å²) in [5.41, 5.74) is 7.53. The molecule has 106 valence electrons. The van der Waals surface area contributed by atoms with Crippen LogP contribution in [0.3, 0.4) is 0 Å². The van der Waals surface area contributed by atoms with Crippen LogP contribution in [0.2, 0.25) is 0 Å². The third-order valence-corrected chi connectivity index (χ3v) is 5.31. The van der Waals surface area contributed by atoms with E-state index in [1.165, 1.54) is 0 Å². The van der Waals surface area contributed by atoms with Crippen molar-refractivity contribution < 1.29 is 13.2 Å². The molecule has 0 spiro atoms. The predicted molar refractivity (Wildman–Crippen MR) is 75.9 cm³/mol. The summed E-state index contributed by atoms with van der Waals surface area (Å²) in [6.45, 7) is 0.689. The van der Waals surface area contributed by atoms with E-state index in [0.717, 1.165) is 5.56 Å². The Morgan fingerprint density at radius 3 is 2.74 bits per heavy atom. The van der Waals surface area contributed by atoms with Crippen LogP contribution in [0.5, 0.6) is 5.75 Å². The third-order valence-electron chi connectivity index (χ3n) is 3.56. The molecule has 5 nitrogen and oxygen atoms in total. The van der Waals surface area contributed by atoms with Gasteiger partial charge < -0.3 is 10.5 Å². The molecule has 1 fully saturated rings. The highest BCUT2D eigenvalue weighted by atomic mass is 32.2. The lowest BCUT2D eigenvalue weighted by Crippen LogP contribution is -2.32. The van der Waals surface area contributed by atoms with Crippen molar-refractivity contribution in [3.05, 3.63) is 23.8 Å². The third kappa shape index (κ3) is 3.39. The molecule has 1 aliphatic rings. The maximum atomic E-state index is 11.5. The van der Waals surface area contributed by atoms with Crippen molar-refractivity contribution in [3.8, 4) is 5.75 Å². The Morgan fingerprint density at radius 1 is 1.47 bits per heavy atom. The average molecular weight is 284 g/mol. The first-order valence-electron chi connectivity index (χ1n) is 6.24. The molecule has 1 aromatic carbocycles. The number of anilines is 1. The molecule has 0 radical (unpaired) electrons. The topological polar surface area (TPSA) is 72.6 Å². The van der Waals surface area contributed by atoms with E-state index in [1.54, 1.807) is 7.11 Å². The second-order valence-electron chi connectivity index (χ2n) is 5.05. The lowest BCUT2D eigenvalue weighted by Gasteiger charge is -2.23. The van der Waals surface area contributed by atoms with Crippen LogP contribution in [-0.2, 0) is 16.4 Å². The van der Waals surface area contributed by atoms with E-state index < -0.39 is 9.84 Å². The van der Waals surface area contributed by atoms with Gasteiger partial charge in [-0.1, -0.05) is 6.07 Å². The van der Waals surface area contributed by atoms with Crippen LogP contribution < -0.4 is 10.5 Å². The largest absolute Gasteiger partial charge is 0.495 e. The first-order chi connectivity index (χ1) is 8.91. The van der Waals surface area contributed by atoms with Gasteiger partial charge in [-0.05, 0) is 31.2 Å². The molecule has 1 aliphatic heterocycles. The van der Waals surface area contributed by atoms with E-state index in [-0.39, 0.29) is 11.8 Å². The number of ether oxygens (including phenoxy) is 1. The first kappa shape index (κ1) is 14.1. The van der Waals surface area contributed by atoms with Gasteiger partial charge in [0.15, 0.2) is 9.84 Å². The van der Waals surface area contributed by atoms with Crippen molar-refractivity contribution >= 4 is 15.5 Å². The summed E-state index contributed by atoms with van der Waals surface area (Å²) in [5, 5.41) is 0. The van der Waals surface area contributed by atoms with Crippen molar-refractivity contribution in [2.75, 3.05) is 31.4 Å². The molecule has 0 bridgehead atoms. The Bertz CT molecular complexity index is 557. The Balaban J connectivity index is 2.03. The summed E-state index contributed by atoms with van der Waals surface area (Å²) in [6, 6.07) is 5.77. The van der Waals surface area contributed by atoms with Crippen LogP contribution in [0.4, 0.5) is 5.69 Å². The van der Waals surface area contributed by atoms with Gasteiger partial charge in [0.25, 0.3) is 0 Å². The number of benzene rings is 1. The van der Waals surface area contributed by atoms with Crippen molar-refractivity contribution in [1.82, 2.24) is 4.90 Å². The van der Waals surface area contributed by atoms with E-state index in [0.29, 0.717) is 30.2 Å². The zero-order chi connectivity index (χ0) is 14.0. The molecular formula is C13H20N2O3S. The van der Waals surface area contributed by atoms with Crippen molar-refractivity contribution in [2.24, 2.45) is 0 Å². The molecular weight excluding hydrogens is 264 g/mol. The number of hydrogen-bond acceptors (Lipinski definition) is 5. The van der Waals surface area contributed by atoms with Gasteiger partial charge in [0, 0.05) is 12.6 Å². The van der Waals surface area contributed by atoms with E-state index >= 15 is 0 Å². The zero-order valence-corrected chi connectivity index (χ0v) is 12.1. The molecule has 1 aromatic rings. The van der Waals surface area contributed by atoms with Crippen LogP contribution in [0.1, 0.15) is 12.0 Å². The monoisotopic (exact) mass is 284 g/mol. The van der Waals surface area contributed by atoms with Crippen LogP contribution in [-0.4, -0.2) is 45.0 Å². The number of sulfone groups is 1. The Kier molecular flexibility index (Phi) is 4.01. The second-order valence-corrected chi connectivity index (χ2v) is 7.28. The fraction of sp³-hybridized carbons (Fsp3) is 0.538. The minimum Gasteiger partial charge on any atom is -0.495 e. The molecule has 2 N–H and O–H groups in total. The van der Waals surface area contributed by atoms with Crippen molar-refractivity contribution in [3.63, 3.8) is 0 Å². The highest BCUT2D eigenvalue weighted by Gasteiger charge is 2.30. The summed E-state index contributed by atoms with van der Waals surface area (Å²) < 4.78 is 28.1. The standard InChI is InChI=1S/C13H20N2O3S/c1-15(11-5-6-19(16,17)9-11)8-10-3-4-13(18-2)12(14)7-10/h3-4,7,11H,5-6,8-9,14H2,1-2H3. The lowest BCUT2D eigenvalue weighted by atomic mass is 10.1. The highest BCUT2D eigenvalue weighted by molar-refractivity contribution is 7.91. The number of rotatable bonds is 4.